The molecule has 0 aliphatic heterocycles. The van der Waals surface area contributed by atoms with Gasteiger partial charge in [-0.3, -0.25) is 0 Å². The van der Waals surface area contributed by atoms with Gasteiger partial charge in [-0.15, -0.1) is 0 Å². The second kappa shape index (κ2) is 6.74. The molecule has 0 heterocycles. The Balaban J connectivity index is 2.75. The smallest absolute Gasteiger partial charge is 0.330 e. The Morgan fingerprint density at radius 3 is 2.82 bits per heavy atom. The second-order valence-electron chi connectivity index (χ2n) is 3.92. The lowest BCUT2D eigenvalue weighted by Gasteiger charge is -2.04. The first-order chi connectivity index (χ1) is 8.17. The topological polar surface area (TPSA) is 52.3 Å². The van der Waals surface area contributed by atoms with Crippen molar-refractivity contribution in [2.24, 2.45) is 0 Å². The fourth-order valence-corrected chi connectivity index (χ4v) is 1.54. The van der Waals surface area contributed by atoms with Gasteiger partial charge in [-0.1, -0.05) is 25.5 Å². The van der Waals surface area contributed by atoms with Crippen molar-refractivity contribution in [3.63, 3.8) is 0 Å². The summed E-state index contributed by atoms with van der Waals surface area (Å²) in [7, 11) is 1.35. The highest BCUT2D eigenvalue weighted by Gasteiger charge is 1.99. The average Bonchev–Trinajstić information content (AvgIpc) is 2.34. The first kappa shape index (κ1) is 13.3. The lowest BCUT2D eigenvalue weighted by atomic mass is 10.0. The number of rotatable bonds is 5. The quantitative estimate of drug-likeness (QED) is 0.483. The molecule has 0 unspecified atom stereocenters. The SMILES string of the molecule is CCCCc1ccc(C=CC(=O)OC)c(N)c1. The lowest BCUT2D eigenvalue weighted by molar-refractivity contribution is -0.134. The summed E-state index contributed by atoms with van der Waals surface area (Å²) in [6, 6.07) is 5.94. The third-order valence-corrected chi connectivity index (χ3v) is 2.57. The van der Waals surface area contributed by atoms with Crippen molar-refractivity contribution < 1.29 is 9.53 Å². The van der Waals surface area contributed by atoms with E-state index in [0.29, 0.717) is 5.69 Å². The van der Waals surface area contributed by atoms with Crippen LogP contribution in [0.4, 0.5) is 5.69 Å². The van der Waals surface area contributed by atoms with Crippen molar-refractivity contribution in [1.29, 1.82) is 0 Å². The summed E-state index contributed by atoms with van der Waals surface area (Å²) in [5.74, 6) is -0.376. The molecule has 0 atom stereocenters. The van der Waals surface area contributed by atoms with Gasteiger partial charge >= 0.3 is 5.97 Å². The Bertz CT molecular complexity index is 411. The molecular formula is C14H19NO2. The summed E-state index contributed by atoms with van der Waals surface area (Å²) in [6.45, 7) is 2.16. The summed E-state index contributed by atoms with van der Waals surface area (Å²) < 4.78 is 4.52. The number of benzene rings is 1. The van der Waals surface area contributed by atoms with Crippen molar-refractivity contribution in [2.75, 3.05) is 12.8 Å². The van der Waals surface area contributed by atoms with Crippen LogP contribution in [0.3, 0.4) is 0 Å². The van der Waals surface area contributed by atoms with E-state index in [0.717, 1.165) is 18.4 Å². The van der Waals surface area contributed by atoms with Crippen molar-refractivity contribution in [3.05, 3.63) is 35.4 Å². The lowest BCUT2D eigenvalue weighted by Crippen LogP contribution is -1.96. The molecule has 0 amide bonds. The number of hydrogen-bond acceptors (Lipinski definition) is 3. The Morgan fingerprint density at radius 2 is 2.24 bits per heavy atom. The number of aryl methyl sites for hydroxylation is 1. The van der Waals surface area contributed by atoms with Crippen molar-refractivity contribution in [3.8, 4) is 0 Å². The molecule has 0 bridgehead atoms. The zero-order chi connectivity index (χ0) is 12.7. The maximum Gasteiger partial charge on any atom is 0.330 e. The number of esters is 1. The highest BCUT2D eigenvalue weighted by molar-refractivity contribution is 5.88. The van der Waals surface area contributed by atoms with Gasteiger partial charge in [-0.2, -0.15) is 0 Å². The fourth-order valence-electron chi connectivity index (χ4n) is 1.54. The van der Waals surface area contributed by atoms with Crippen LogP contribution in [0.2, 0.25) is 0 Å². The van der Waals surface area contributed by atoms with Gasteiger partial charge in [0.15, 0.2) is 0 Å². The first-order valence-corrected chi connectivity index (χ1v) is 5.81. The summed E-state index contributed by atoms with van der Waals surface area (Å²) >= 11 is 0. The maximum absolute atomic E-state index is 11.0. The van der Waals surface area contributed by atoms with E-state index in [4.69, 9.17) is 5.73 Å². The Labute approximate surface area is 102 Å². The number of nitrogens with two attached hydrogens (primary N) is 1. The molecule has 1 rings (SSSR count). The fraction of sp³-hybridized carbons (Fsp3) is 0.357. The molecule has 0 aliphatic carbocycles. The van der Waals surface area contributed by atoms with Gasteiger partial charge < -0.3 is 10.5 Å². The first-order valence-electron chi connectivity index (χ1n) is 5.81. The van der Waals surface area contributed by atoms with E-state index in [1.54, 1.807) is 6.08 Å². The number of anilines is 1. The average molecular weight is 233 g/mol. The molecule has 92 valence electrons. The molecule has 17 heavy (non-hydrogen) atoms. The Kier molecular flexibility index (Phi) is 5.27. The van der Waals surface area contributed by atoms with Crippen molar-refractivity contribution >= 4 is 17.7 Å². The molecule has 0 spiro atoms. The van der Waals surface area contributed by atoms with Crippen LogP contribution < -0.4 is 5.73 Å². The molecule has 1 aromatic carbocycles. The predicted octanol–water partition coefficient (Wildman–Crippen LogP) is 2.80. The highest BCUT2D eigenvalue weighted by atomic mass is 16.5. The number of hydrogen-bond donors (Lipinski definition) is 1. The van der Waals surface area contributed by atoms with Crippen molar-refractivity contribution in [2.45, 2.75) is 26.2 Å². The monoisotopic (exact) mass is 233 g/mol. The van der Waals surface area contributed by atoms with E-state index in [-0.39, 0.29) is 5.97 Å². The molecule has 2 N–H and O–H groups in total. The number of nitrogen functional groups attached to an aromatic ring is 1. The van der Waals surface area contributed by atoms with Crippen LogP contribution in [0.15, 0.2) is 24.3 Å². The summed E-state index contributed by atoms with van der Waals surface area (Å²) in [6.07, 6.45) is 6.42. The molecule has 0 aromatic heterocycles. The zero-order valence-corrected chi connectivity index (χ0v) is 10.4. The van der Waals surface area contributed by atoms with Crippen LogP contribution in [0.5, 0.6) is 0 Å². The third kappa shape index (κ3) is 4.31. The maximum atomic E-state index is 11.0. The zero-order valence-electron chi connectivity index (χ0n) is 10.4. The van der Waals surface area contributed by atoms with Crippen LogP contribution >= 0.6 is 0 Å². The highest BCUT2D eigenvalue weighted by Crippen LogP contribution is 2.17. The Morgan fingerprint density at radius 1 is 1.47 bits per heavy atom. The van der Waals surface area contributed by atoms with E-state index < -0.39 is 0 Å². The minimum Gasteiger partial charge on any atom is -0.466 e. The number of unbranched alkanes of at least 4 members (excludes halogenated alkanes) is 1. The molecule has 0 saturated carbocycles. The van der Waals surface area contributed by atoms with E-state index in [1.165, 1.54) is 25.2 Å². The van der Waals surface area contributed by atoms with Crippen LogP contribution in [-0.4, -0.2) is 13.1 Å². The van der Waals surface area contributed by atoms with E-state index in [2.05, 4.69) is 11.7 Å². The van der Waals surface area contributed by atoms with Gasteiger partial charge in [0.2, 0.25) is 0 Å². The van der Waals surface area contributed by atoms with Gasteiger partial charge in [0.05, 0.1) is 7.11 Å². The van der Waals surface area contributed by atoms with Crippen LogP contribution in [0.25, 0.3) is 6.08 Å². The Hall–Kier alpha value is -1.77. The number of ether oxygens (including phenoxy) is 1. The van der Waals surface area contributed by atoms with Gasteiger partial charge in [-0.25, -0.2) is 4.79 Å². The van der Waals surface area contributed by atoms with E-state index >= 15 is 0 Å². The largest absolute Gasteiger partial charge is 0.466 e. The summed E-state index contributed by atoms with van der Waals surface area (Å²) in [4.78, 5) is 11.0. The summed E-state index contributed by atoms with van der Waals surface area (Å²) in [5.41, 5.74) is 8.69. The molecule has 0 radical (unpaired) electrons. The third-order valence-electron chi connectivity index (χ3n) is 2.57. The predicted molar refractivity (Wildman–Crippen MR) is 70.5 cm³/mol. The summed E-state index contributed by atoms with van der Waals surface area (Å²) in [5, 5.41) is 0. The number of carbonyl (C=O) groups is 1. The number of carbonyl (C=O) groups excluding carboxylic acids is 1. The molecule has 1 aromatic rings. The van der Waals surface area contributed by atoms with Gasteiger partial charge in [0, 0.05) is 11.8 Å². The van der Waals surface area contributed by atoms with Crippen LogP contribution in [0.1, 0.15) is 30.9 Å². The van der Waals surface area contributed by atoms with Crippen molar-refractivity contribution in [1.82, 2.24) is 0 Å². The van der Waals surface area contributed by atoms with E-state index in [9.17, 15) is 4.79 Å². The molecule has 3 nitrogen and oxygen atoms in total. The molecule has 0 aliphatic rings. The van der Waals surface area contributed by atoms with Crippen LogP contribution in [0, 0.1) is 0 Å². The minimum absolute atomic E-state index is 0.376. The second-order valence-corrected chi connectivity index (χ2v) is 3.92. The standard InChI is InChI=1S/C14H19NO2/c1-3-4-5-11-6-7-12(13(15)10-11)8-9-14(16)17-2/h6-10H,3-5,15H2,1-2H3. The molecule has 0 fully saturated rings. The molecule has 0 saturated heterocycles. The van der Waals surface area contributed by atoms with Gasteiger partial charge in [0.1, 0.15) is 0 Å². The normalized spacial score (nSPS) is 10.7. The molecular weight excluding hydrogens is 214 g/mol. The number of methoxy groups -OCH3 is 1. The van der Waals surface area contributed by atoms with Gasteiger partial charge in [0.25, 0.3) is 0 Å². The van der Waals surface area contributed by atoms with Crippen LogP contribution in [-0.2, 0) is 16.0 Å². The van der Waals surface area contributed by atoms with Gasteiger partial charge in [-0.05, 0) is 36.1 Å². The van der Waals surface area contributed by atoms with E-state index in [1.807, 2.05) is 18.2 Å². The minimum atomic E-state index is -0.376. The molecule has 3 heteroatoms.